The fourth-order valence-electron chi connectivity index (χ4n) is 4.82. The van der Waals surface area contributed by atoms with E-state index in [0.29, 0.717) is 35.2 Å². The highest BCUT2D eigenvalue weighted by atomic mass is 16.3. The molecule has 2 aliphatic rings. The minimum atomic E-state index is -0.311. The number of aromatic nitrogens is 3. The molecule has 2 aromatic heterocycles. The van der Waals surface area contributed by atoms with Crippen molar-refractivity contribution in [2.45, 2.75) is 50.8 Å². The van der Waals surface area contributed by atoms with Gasteiger partial charge < -0.3 is 15.0 Å². The van der Waals surface area contributed by atoms with Crippen LogP contribution in [0.2, 0.25) is 0 Å². The summed E-state index contributed by atoms with van der Waals surface area (Å²) in [6, 6.07) is 12.6. The maximum atomic E-state index is 13.2. The maximum Gasteiger partial charge on any atom is 0.199 e. The van der Waals surface area contributed by atoms with Gasteiger partial charge in [0.2, 0.25) is 0 Å². The standard InChI is InChI=1S/C25H28N4O2/c1-16-9-20(11-23(16)30)28-25-22(12-26-15-27-25)24(31)18-7-8-29(13-18)14-19-10-21(19)17-5-3-2-4-6-17/h2-8,12-13,15-16,19-21,23,30H,9-11,14H2,1H3,(H,26,27,28)/t16-,19+,20-,21+,23-/m1/s1. The maximum absolute atomic E-state index is 13.2. The summed E-state index contributed by atoms with van der Waals surface area (Å²) < 4.78 is 2.12. The molecule has 5 rings (SSSR count). The van der Waals surface area contributed by atoms with Crippen LogP contribution < -0.4 is 5.32 Å². The molecule has 6 nitrogen and oxygen atoms in total. The average Bonchev–Trinajstić information content (AvgIpc) is 3.26. The van der Waals surface area contributed by atoms with Gasteiger partial charge in [-0.3, -0.25) is 4.79 Å². The fraction of sp³-hybridized carbons (Fsp3) is 0.400. The van der Waals surface area contributed by atoms with Gasteiger partial charge in [-0.2, -0.15) is 0 Å². The van der Waals surface area contributed by atoms with Crippen LogP contribution in [0.3, 0.4) is 0 Å². The van der Waals surface area contributed by atoms with Crippen LogP contribution in [-0.4, -0.2) is 37.6 Å². The quantitative estimate of drug-likeness (QED) is 0.571. The Bertz CT molecular complexity index is 1050. The molecule has 2 heterocycles. The van der Waals surface area contributed by atoms with Crippen LogP contribution in [0.4, 0.5) is 5.82 Å². The van der Waals surface area contributed by atoms with Crippen molar-refractivity contribution in [1.82, 2.24) is 14.5 Å². The number of benzene rings is 1. The number of anilines is 1. The summed E-state index contributed by atoms with van der Waals surface area (Å²) in [6.07, 6.45) is 9.36. The first-order valence-corrected chi connectivity index (χ1v) is 11.1. The number of aliphatic hydroxyl groups excluding tert-OH is 1. The number of rotatable bonds is 7. The molecule has 2 N–H and O–H groups in total. The van der Waals surface area contributed by atoms with Crippen LogP contribution in [0.5, 0.6) is 0 Å². The van der Waals surface area contributed by atoms with E-state index >= 15 is 0 Å². The number of aliphatic hydroxyl groups is 1. The molecule has 2 fully saturated rings. The van der Waals surface area contributed by atoms with Crippen LogP contribution in [0.1, 0.15) is 53.6 Å². The highest BCUT2D eigenvalue weighted by Crippen LogP contribution is 2.48. The second-order valence-corrected chi connectivity index (χ2v) is 9.08. The van der Waals surface area contributed by atoms with Crippen LogP contribution in [0, 0.1) is 11.8 Å². The molecule has 31 heavy (non-hydrogen) atoms. The van der Waals surface area contributed by atoms with Crippen molar-refractivity contribution in [2.75, 3.05) is 5.32 Å². The van der Waals surface area contributed by atoms with Gasteiger partial charge in [-0.05, 0) is 48.6 Å². The Hall–Kier alpha value is -2.99. The molecule has 0 aliphatic heterocycles. The first kappa shape index (κ1) is 19.9. The molecule has 0 saturated heterocycles. The van der Waals surface area contributed by atoms with Gasteiger partial charge in [-0.25, -0.2) is 9.97 Å². The number of carbonyl (C=O) groups excluding carboxylic acids is 1. The second-order valence-electron chi connectivity index (χ2n) is 9.08. The largest absolute Gasteiger partial charge is 0.393 e. The molecule has 2 saturated carbocycles. The van der Waals surface area contributed by atoms with Crippen molar-refractivity contribution in [1.29, 1.82) is 0 Å². The summed E-state index contributed by atoms with van der Waals surface area (Å²) >= 11 is 0. The predicted molar refractivity (Wildman–Crippen MR) is 119 cm³/mol. The zero-order valence-electron chi connectivity index (χ0n) is 17.7. The molecule has 0 unspecified atom stereocenters. The Labute approximate surface area is 182 Å². The molecule has 0 bridgehead atoms. The number of ketones is 1. The Morgan fingerprint density at radius 2 is 2.03 bits per heavy atom. The monoisotopic (exact) mass is 416 g/mol. The summed E-state index contributed by atoms with van der Waals surface area (Å²) in [5.41, 5.74) is 2.52. The first-order valence-electron chi connectivity index (χ1n) is 11.1. The van der Waals surface area contributed by atoms with Gasteiger partial charge in [0, 0.05) is 36.7 Å². The van der Waals surface area contributed by atoms with Gasteiger partial charge in [0.1, 0.15) is 12.1 Å². The third kappa shape index (κ3) is 4.26. The van der Waals surface area contributed by atoms with E-state index < -0.39 is 0 Å². The van der Waals surface area contributed by atoms with Gasteiger partial charge in [-0.15, -0.1) is 0 Å². The number of hydrogen-bond acceptors (Lipinski definition) is 5. The molecule has 1 aromatic carbocycles. The first-order chi connectivity index (χ1) is 15.1. The third-order valence-electron chi connectivity index (χ3n) is 6.75. The van der Waals surface area contributed by atoms with Crippen molar-refractivity contribution in [3.8, 4) is 0 Å². The van der Waals surface area contributed by atoms with Crippen LogP contribution in [0.15, 0.2) is 61.3 Å². The molecule has 2 aliphatic carbocycles. The van der Waals surface area contributed by atoms with Gasteiger partial charge in [0.15, 0.2) is 5.78 Å². The summed E-state index contributed by atoms with van der Waals surface area (Å²) in [6.45, 7) is 2.96. The molecular formula is C25H28N4O2. The lowest BCUT2D eigenvalue weighted by Crippen LogP contribution is -2.20. The van der Waals surface area contributed by atoms with Crippen molar-refractivity contribution >= 4 is 11.6 Å². The topological polar surface area (TPSA) is 80.0 Å². The van der Waals surface area contributed by atoms with Crippen LogP contribution >= 0.6 is 0 Å². The Balaban J connectivity index is 1.26. The summed E-state index contributed by atoms with van der Waals surface area (Å²) in [4.78, 5) is 21.6. The highest BCUT2D eigenvalue weighted by Gasteiger charge is 2.38. The summed E-state index contributed by atoms with van der Waals surface area (Å²) in [5.74, 6) is 1.94. The molecule has 160 valence electrons. The zero-order valence-corrected chi connectivity index (χ0v) is 17.7. The van der Waals surface area contributed by atoms with Crippen molar-refractivity contribution < 1.29 is 9.90 Å². The van der Waals surface area contributed by atoms with Crippen LogP contribution in [-0.2, 0) is 6.54 Å². The van der Waals surface area contributed by atoms with Gasteiger partial charge >= 0.3 is 0 Å². The lowest BCUT2D eigenvalue weighted by Gasteiger charge is -2.15. The predicted octanol–water partition coefficient (Wildman–Crippen LogP) is 3.88. The molecule has 0 amide bonds. The second kappa shape index (κ2) is 8.27. The summed E-state index contributed by atoms with van der Waals surface area (Å²) in [5, 5.41) is 13.4. The average molecular weight is 417 g/mol. The van der Waals surface area contributed by atoms with E-state index in [0.717, 1.165) is 13.0 Å². The van der Waals surface area contributed by atoms with E-state index in [2.05, 4.69) is 50.2 Å². The number of nitrogens with zero attached hydrogens (tertiary/aromatic N) is 3. The third-order valence-corrected chi connectivity index (χ3v) is 6.75. The Morgan fingerprint density at radius 3 is 2.81 bits per heavy atom. The van der Waals surface area contributed by atoms with E-state index in [-0.39, 0.29) is 23.8 Å². The van der Waals surface area contributed by atoms with E-state index in [9.17, 15) is 9.90 Å². The smallest absolute Gasteiger partial charge is 0.199 e. The van der Waals surface area contributed by atoms with Gasteiger partial charge in [0.05, 0.1) is 11.7 Å². The SMILES string of the molecule is C[C@@H]1C[C@@H](Nc2ncncc2C(=O)c2ccn(C[C@@H]3C[C@H]3c3ccccc3)c2)C[C@H]1O. The number of nitrogens with one attached hydrogen (secondary N) is 1. The molecule has 3 aromatic rings. The zero-order chi connectivity index (χ0) is 21.4. The Morgan fingerprint density at radius 1 is 1.19 bits per heavy atom. The minimum Gasteiger partial charge on any atom is -0.393 e. The molecule has 5 atom stereocenters. The van der Waals surface area contributed by atoms with Crippen LogP contribution in [0.25, 0.3) is 0 Å². The normalized spacial score (nSPS) is 27.2. The van der Waals surface area contributed by atoms with Gasteiger partial charge in [-0.1, -0.05) is 37.3 Å². The summed E-state index contributed by atoms with van der Waals surface area (Å²) in [7, 11) is 0. The van der Waals surface area contributed by atoms with E-state index in [1.807, 2.05) is 25.4 Å². The van der Waals surface area contributed by atoms with Crippen molar-refractivity contribution in [2.24, 2.45) is 11.8 Å². The van der Waals surface area contributed by atoms with Gasteiger partial charge in [0.25, 0.3) is 0 Å². The fourth-order valence-corrected chi connectivity index (χ4v) is 4.82. The number of hydrogen-bond donors (Lipinski definition) is 2. The van der Waals surface area contributed by atoms with Crippen molar-refractivity contribution in [3.05, 3.63) is 78.0 Å². The molecular weight excluding hydrogens is 388 g/mol. The lowest BCUT2D eigenvalue weighted by atomic mass is 10.1. The van der Waals surface area contributed by atoms with E-state index in [4.69, 9.17) is 0 Å². The number of carbonyl (C=O) groups is 1. The molecule has 0 radical (unpaired) electrons. The lowest BCUT2D eigenvalue weighted by molar-refractivity contribution is 0.103. The molecule has 0 spiro atoms. The van der Waals surface area contributed by atoms with E-state index in [1.165, 1.54) is 18.3 Å². The van der Waals surface area contributed by atoms with E-state index in [1.54, 1.807) is 6.20 Å². The Kier molecular flexibility index (Phi) is 5.32. The highest BCUT2D eigenvalue weighted by molar-refractivity contribution is 6.11. The molecule has 6 heteroatoms. The van der Waals surface area contributed by atoms with Crippen molar-refractivity contribution in [3.63, 3.8) is 0 Å². The minimum absolute atomic E-state index is 0.0798.